The molecule has 0 radical (unpaired) electrons. The zero-order valence-electron chi connectivity index (χ0n) is 12.0. The van der Waals surface area contributed by atoms with Gasteiger partial charge in [0.1, 0.15) is 5.82 Å². The zero-order chi connectivity index (χ0) is 17.7. The minimum Gasteiger partial charge on any atom is -0.468 e. The fourth-order valence-corrected chi connectivity index (χ4v) is 2.16. The van der Waals surface area contributed by atoms with Crippen LogP contribution in [0.15, 0.2) is 41.0 Å². The zero-order valence-corrected chi connectivity index (χ0v) is 13.6. The van der Waals surface area contributed by atoms with Gasteiger partial charge in [0.15, 0.2) is 6.61 Å². The minimum atomic E-state index is -4.45. The van der Waals surface area contributed by atoms with Crippen molar-refractivity contribution >= 4 is 27.5 Å². The third kappa shape index (κ3) is 5.80. The van der Waals surface area contributed by atoms with Crippen LogP contribution in [0.1, 0.15) is 5.56 Å². The molecule has 0 aliphatic carbocycles. The van der Waals surface area contributed by atoms with Gasteiger partial charge in [-0.25, -0.2) is 9.37 Å². The van der Waals surface area contributed by atoms with Crippen LogP contribution in [0.3, 0.4) is 0 Å². The lowest BCUT2D eigenvalue weighted by Crippen LogP contribution is -2.19. The Bertz CT molecular complexity index is 720. The molecule has 1 N–H and O–H groups in total. The molecule has 0 fully saturated rings. The summed E-state index contributed by atoms with van der Waals surface area (Å²) in [6.45, 7) is -1.44. The van der Waals surface area contributed by atoms with Crippen molar-refractivity contribution in [3.05, 3.63) is 52.4 Å². The summed E-state index contributed by atoms with van der Waals surface area (Å²) in [6, 6.07) is 6.79. The number of nitrogens with one attached hydrogen (secondary N) is 1. The summed E-state index contributed by atoms with van der Waals surface area (Å²) in [4.78, 5) is 15.6. The van der Waals surface area contributed by atoms with Crippen molar-refractivity contribution in [1.82, 2.24) is 4.98 Å². The number of halogens is 5. The van der Waals surface area contributed by atoms with E-state index in [0.717, 1.165) is 0 Å². The van der Waals surface area contributed by atoms with Gasteiger partial charge in [-0.15, -0.1) is 0 Å². The number of ether oxygens (including phenoxy) is 1. The Morgan fingerprint density at radius 1 is 1.25 bits per heavy atom. The molecule has 0 aliphatic rings. The van der Waals surface area contributed by atoms with Crippen molar-refractivity contribution in [1.29, 1.82) is 0 Å². The van der Waals surface area contributed by atoms with Gasteiger partial charge in [-0.2, -0.15) is 13.2 Å². The summed E-state index contributed by atoms with van der Waals surface area (Å²) in [5.74, 6) is -1.01. The molecule has 1 amide bonds. The second kappa shape index (κ2) is 7.61. The van der Waals surface area contributed by atoms with E-state index in [1.165, 1.54) is 36.5 Å². The van der Waals surface area contributed by atoms with E-state index in [-0.39, 0.29) is 22.7 Å². The van der Waals surface area contributed by atoms with Gasteiger partial charge in [-0.1, -0.05) is 6.07 Å². The molecule has 1 heterocycles. The summed E-state index contributed by atoms with van der Waals surface area (Å²) in [7, 11) is 0. The molecular weight excluding hydrogens is 396 g/mol. The van der Waals surface area contributed by atoms with Crippen molar-refractivity contribution < 1.29 is 27.1 Å². The van der Waals surface area contributed by atoms with E-state index in [2.05, 4.69) is 31.0 Å². The SMILES string of the molecule is O=C(Cc1ccc(F)c(Br)c1)Nc1ccc(OCC(F)(F)F)nc1. The molecule has 128 valence electrons. The molecule has 1 aromatic carbocycles. The molecule has 0 spiro atoms. The van der Waals surface area contributed by atoms with Crippen molar-refractivity contribution in [2.24, 2.45) is 0 Å². The van der Waals surface area contributed by atoms with E-state index in [1.807, 2.05) is 0 Å². The molecule has 0 saturated carbocycles. The van der Waals surface area contributed by atoms with Gasteiger partial charge >= 0.3 is 6.18 Å². The first kappa shape index (κ1) is 18.2. The number of carbonyl (C=O) groups is 1. The van der Waals surface area contributed by atoms with E-state index in [0.29, 0.717) is 11.3 Å². The molecule has 24 heavy (non-hydrogen) atoms. The van der Waals surface area contributed by atoms with E-state index in [1.54, 1.807) is 0 Å². The largest absolute Gasteiger partial charge is 0.468 e. The summed E-state index contributed by atoms with van der Waals surface area (Å²) in [5.41, 5.74) is 0.902. The second-order valence-corrected chi connectivity index (χ2v) is 5.62. The van der Waals surface area contributed by atoms with Crippen LogP contribution in [0.5, 0.6) is 5.88 Å². The Balaban J connectivity index is 1.90. The van der Waals surface area contributed by atoms with Gasteiger partial charge < -0.3 is 10.1 Å². The van der Waals surface area contributed by atoms with Crippen LogP contribution in [-0.4, -0.2) is 23.7 Å². The quantitative estimate of drug-likeness (QED) is 0.760. The standard InChI is InChI=1S/C15H11BrF4N2O2/c16-11-5-9(1-3-12(11)17)6-13(23)22-10-2-4-14(21-7-10)24-8-15(18,19)20/h1-5,7H,6,8H2,(H,22,23). The lowest BCUT2D eigenvalue weighted by molar-refractivity contribution is -0.154. The monoisotopic (exact) mass is 406 g/mol. The average Bonchev–Trinajstić information content (AvgIpc) is 2.49. The maximum absolute atomic E-state index is 13.1. The normalized spacial score (nSPS) is 11.2. The molecule has 0 unspecified atom stereocenters. The van der Waals surface area contributed by atoms with Crippen LogP contribution in [0.4, 0.5) is 23.2 Å². The maximum Gasteiger partial charge on any atom is 0.422 e. The number of hydrogen-bond donors (Lipinski definition) is 1. The summed E-state index contributed by atoms with van der Waals surface area (Å²) < 4.78 is 53.9. The number of nitrogens with zero attached hydrogens (tertiary/aromatic N) is 1. The Kier molecular flexibility index (Phi) is 5.76. The van der Waals surface area contributed by atoms with Crippen LogP contribution < -0.4 is 10.1 Å². The number of hydrogen-bond acceptors (Lipinski definition) is 3. The second-order valence-electron chi connectivity index (χ2n) is 4.76. The Hall–Kier alpha value is -2.16. The third-order valence-corrected chi connectivity index (χ3v) is 3.36. The van der Waals surface area contributed by atoms with E-state index in [4.69, 9.17) is 0 Å². The van der Waals surface area contributed by atoms with Crippen LogP contribution in [0.2, 0.25) is 0 Å². The van der Waals surface area contributed by atoms with E-state index >= 15 is 0 Å². The Morgan fingerprint density at radius 2 is 2.00 bits per heavy atom. The average molecular weight is 407 g/mol. The minimum absolute atomic E-state index is 0.00516. The molecule has 0 saturated heterocycles. The number of rotatable bonds is 5. The predicted molar refractivity (Wildman–Crippen MR) is 82.2 cm³/mol. The molecule has 2 aromatic rings. The fraction of sp³-hybridized carbons (Fsp3) is 0.200. The van der Waals surface area contributed by atoms with Crippen LogP contribution in [0.25, 0.3) is 0 Å². The first-order chi connectivity index (χ1) is 11.2. The van der Waals surface area contributed by atoms with Gasteiger partial charge in [0, 0.05) is 6.07 Å². The number of pyridine rings is 1. The molecule has 4 nitrogen and oxygen atoms in total. The van der Waals surface area contributed by atoms with Crippen molar-refractivity contribution in [2.75, 3.05) is 11.9 Å². The predicted octanol–water partition coefficient (Wildman–Crippen LogP) is 4.11. The molecule has 0 bridgehead atoms. The number of aromatic nitrogens is 1. The number of carbonyl (C=O) groups excluding carboxylic acids is 1. The van der Waals surface area contributed by atoms with E-state index in [9.17, 15) is 22.4 Å². The maximum atomic E-state index is 13.1. The topological polar surface area (TPSA) is 51.2 Å². The number of alkyl halides is 3. The van der Waals surface area contributed by atoms with Crippen molar-refractivity contribution in [3.8, 4) is 5.88 Å². The Labute approximate surface area is 143 Å². The van der Waals surface area contributed by atoms with Gasteiger partial charge in [-0.3, -0.25) is 4.79 Å². The van der Waals surface area contributed by atoms with Gasteiger partial charge in [0.25, 0.3) is 0 Å². The van der Waals surface area contributed by atoms with Crippen molar-refractivity contribution in [2.45, 2.75) is 12.6 Å². The number of anilines is 1. The van der Waals surface area contributed by atoms with Crippen molar-refractivity contribution in [3.63, 3.8) is 0 Å². The Morgan fingerprint density at radius 3 is 2.58 bits per heavy atom. The summed E-state index contributed by atoms with van der Waals surface area (Å²) in [6.07, 6.45) is -3.26. The van der Waals surface area contributed by atoms with Gasteiger partial charge in [0.05, 0.1) is 22.8 Å². The number of amides is 1. The lowest BCUT2D eigenvalue weighted by Gasteiger charge is -2.09. The molecule has 1 aromatic heterocycles. The van der Waals surface area contributed by atoms with Crippen LogP contribution >= 0.6 is 15.9 Å². The summed E-state index contributed by atoms with van der Waals surface area (Å²) >= 11 is 3.03. The number of benzene rings is 1. The highest BCUT2D eigenvalue weighted by Crippen LogP contribution is 2.19. The highest BCUT2D eigenvalue weighted by molar-refractivity contribution is 9.10. The first-order valence-corrected chi connectivity index (χ1v) is 7.41. The molecule has 0 atom stereocenters. The highest BCUT2D eigenvalue weighted by Gasteiger charge is 2.28. The first-order valence-electron chi connectivity index (χ1n) is 6.62. The molecule has 2 rings (SSSR count). The molecule has 0 aliphatic heterocycles. The third-order valence-electron chi connectivity index (χ3n) is 2.75. The van der Waals surface area contributed by atoms with Crippen LogP contribution in [-0.2, 0) is 11.2 Å². The van der Waals surface area contributed by atoms with Crippen LogP contribution in [0, 0.1) is 5.82 Å². The van der Waals surface area contributed by atoms with E-state index < -0.39 is 18.6 Å². The molecular formula is C15H11BrF4N2O2. The van der Waals surface area contributed by atoms with Gasteiger partial charge in [0.2, 0.25) is 11.8 Å². The summed E-state index contributed by atoms with van der Waals surface area (Å²) in [5, 5.41) is 2.54. The molecule has 9 heteroatoms. The lowest BCUT2D eigenvalue weighted by atomic mass is 10.1. The smallest absolute Gasteiger partial charge is 0.422 e. The fourth-order valence-electron chi connectivity index (χ4n) is 1.74. The highest BCUT2D eigenvalue weighted by atomic mass is 79.9. The van der Waals surface area contributed by atoms with Gasteiger partial charge in [-0.05, 0) is 39.7 Å².